The molecule has 1 N–H and O–H groups in total. The second-order valence-corrected chi connectivity index (χ2v) is 8.77. The molecule has 1 fully saturated rings. The summed E-state index contributed by atoms with van der Waals surface area (Å²) in [6.07, 6.45) is 6.64. The minimum atomic E-state index is -3.40. The summed E-state index contributed by atoms with van der Waals surface area (Å²) in [6, 6.07) is 3.91. The molecule has 8 nitrogen and oxygen atoms in total. The number of rotatable bonds is 5. The van der Waals surface area contributed by atoms with E-state index in [0.717, 1.165) is 29.9 Å². The second kappa shape index (κ2) is 7.65. The van der Waals surface area contributed by atoms with Gasteiger partial charge in [-0.25, -0.2) is 4.98 Å². The predicted molar refractivity (Wildman–Crippen MR) is 100 cm³/mol. The Morgan fingerprint density at radius 3 is 2.77 bits per heavy atom. The number of piperidine rings is 1. The minimum Gasteiger partial charge on any atom is -0.339 e. The van der Waals surface area contributed by atoms with Crippen LogP contribution >= 0.6 is 0 Å². The van der Waals surface area contributed by atoms with Crippen molar-refractivity contribution in [1.82, 2.24) is 23.6 Å². The Bertz CT molecular complexity index is 857. The van der Waals surface area contributed by atoms with E-state index in [1.165, 1.54) is 4.31 Å². The fourth-order valence-electron chi connectivity index (χ4n) is 3.11. The Morgan fingerprint density at radius 2 is 2.08 bits per heavy atom. The van der Waals surface area contributed by atoms with Crippen molar-refractivity contribution in [2.45, 2.75) is 25.7 Å². The van der Waals surface area contributed by atoms with Gasteiger partial charge < -0.3 is 5.32 Å². The standard InChI is InChI=1S/C17H24N6O2S/c1-13-9-15(21-17-11-18-6-7-19-17)10-16(20-13)14-5-4-8-23(12-14)26(24,25)22(2)3/h6-7,9-11,14H,4-5,8,12H2,1-3H3,(H,19,20,21)/t14-/m0/s1. The summed E-state index contributed by atoms with van der Waals surface area (Å²) in [4.78, 5) is 12.9. The SMILES string of the molecule is Cc1cc(Nc2cnccn2)cc([C@H]2CCCN(S(=O)(=O)N(C)C)C2)n1. The number of aryl methyl sites for hydroxylation is 1. The first-order valence-corrected chi connectivity index (χ1v) is 9.95. The van der Waals surface area contributed by atoms with Gasteiger partial charge in [0.15, 0.2) is 0 Å². The molecule has 0 spiro atoms. The first-order valence-electron chi connectivity index (χ1n) is 8.55. The maximum atomic E-state index is 12.4. The van der Waals surface area contributed by atoms with Crippen molar-refractivity contribution in [3.05, 3.63) is 42.1 Å². The molecule has 0 unspecified atom stereocenters. The van der Waals surface area contributed by atoms with E-state index in [1.54, 1.807) is 37.0 Å². The Labute approximate surface area is 154 Å². The first kappa shape index (κ1) is 18.7. The zero-order chi connectivity index (χ0) is 18.7. The molecule has 2 aromatic heterocycles. The first-order chi connectivity index (χ1) is 12.4. The van der Waals surface area contributed by atoms with Crippen molar-refractivity contribution in [2.75, 3.05) is 32.5 Å². The number of aromatic nitrogens is 3. The van der Waals surface area contributed by atoms with E-state index < -0.39 is 10.2 Å². The highest BCUT2D eigenvalue weighted by Crippen LogP contribution is 2.30. The molecule has 1 aliphatic rings. The Kier molecular flexibility index (Phi) is 5.49. The van der Waals surface area contributed by atoms with Gasteiger partial charge in [0.2, 0.25) is 0 Å². The summed E-state index contributed by atoms with van der Waals surface area (Å²) in [7, 11) is -0.280. The van der Waals surface area contributed by atoms with Gasteiger partial charge in [0, 0.05) is 62.6 Å². The number of hydrogen-bond donors (Lipinski definition) is 1. The summed E-state index contributed by atoms with van der Waals surface area (Å²) >= 11 is 0. The molecule has 0 radical (unpaired) electrons. The molecule has 3 rings (SSSR count). The van der Waals surface area contributed by atoms with Crippen LogP contribution in [-0.4, -0.2) is 59.2 Å². The van der Waals surface area contributed by atoms with Crippen LogP contribution in [0.2, 0.25) is 0 Å². The van der Waals surface area contributed by atoms with Crippen molar-refractivity contribution in [3.8, 4) is 0 Å². The van der Waals surface area contributed by atoms with E-state index >= 15 is 0 Å². The third kappa shape index (κ3) is 4.17. The van der Waals surface area contributed by atoms with Gasteiger partial charge in [0.25, 0.3) is 10.2 Å². The molecule has 2 aromatic rings. The van der Waals surface area contributed by atoms with Crippen molar-refractivity contribution in [1.29, 1.82) is 0 Å². The third-order valence-electron chi connectivity index (χ3n) is 4.40. The molecule has 9 heteroatoms. The maximum Gasteiger partial charge on any atom is 0.281 e. The van der Waals surface area contributed by atoms with Crippen molar-refractivity contribution in [3.63, 3.8) is 0 Å². The van der Waals surface area contributed by atoms with Crippen molar-refractivity contribution >= 4 is 21.7 Å². The van der Waals surface area contributed by atoms with Crippen LogP contribution in [0.1, 0.15) is 30.1 Å². The molecule has 3 heterocycles. The molecule has 26 heavy (non-hydrogen) atoms. The second-order valence-electron chi connectivity index (χ2n) is 6.63. The van der Waals surface area contributed by atoms with Crippen LogP contribution in [0.15, 0.2) is 30.7 Å². The van der Waals surface area contributed by atoms with Crippen LogP contribution in [0.4, 0.5) is 11.5 Å². The van der Waals surface area contributed by atoms with Crippen LogP contribution in [-0.2, 0) is 10.2 Å². The predicted octanol–water partition coefficient (Wildman–Crippen LogP) is 1.91. The number of hydrogen-bond acceptors (Lipinski definition) is 6. The van der Waals surface area contributed by atoms with E-state index in [-0.39, 0.29) is 5.92 Å². The van der Waals surface area contributed by atoms with Crippen LogP contribution in [0.25, 0.3) is 0 Å². The summed E-state index contributed by atoms with van der Waals surface area (Å²) in [5.74, 6) is 0.727. The van der Waals surface area contributed by atoms with E-state index in [9.17, 15) is 8.42 Å². The zero-order valence-electron chi connectivity index (χ0n) is 15.3. The summed E-state index contributed by atoms with van der Waals surface area (Å²) in [6.45, 7) is 2.93. The fourth-order valence-corrected chi connectivity index (χ4v) is 4.30. The zero-order valence-corrected chi connectivity index (χ0v) is 16.1. The summed E-state index contributed by atoms with van der Waals surface area (Å²) in [5, 5.41) is 3.23. The van der Waals surface area contributed by atoms with Crippen LogP contribution < -0.4 is 5.32 Å². The molecule has 0 amide bonds. The lowest BCUT2D eigenvalue weighted by molar-refractivity contribution is 0.296. The smallest absolute Gasteiger partial charge is 0.281 e. The third-order valence-corrected chi connectivity index (χ3v) is 6.31. The number of pyridine rings is 1. The summed E-state index contributed by atoms with van der Waals surface area (Å²) < 4.78 is 27.7. The largest absolute Gasteiger partial charge is 0.339 e. The van der Waals surface area contributed by atoms with E-state index in [2.05, 4.69) is 20.3 Å². The molecule has 1 saturated heterocycles. The highest BCUT2D eigenvalue weighted by molar-refractivity contribution is 7.86. The molecule has 1 aliphatic heterocycles. The lowest BCUT2D eigenvalue weighted by Gasteiger charge is -2.33. The average molecular weight is 376 g/mol. The molecular formula is C17H24N6O2S. The Morgan fingerprint density at radius 1 is 1.27 bits per heavy atom. The Balaban J connectivity index is 1.82. The van der Waals surface area contributed by atoms with E-state index in [0.29, 0.717) is 18.9 Å². The summed E-state index contributed by atoms with van der Waals surface area (Å²) in [5.41, 5.74) is 2.65. The molecule has 0 saturated carbocycles. The van der Waals surface area contributed by atoms with Crippen LogP contribution in [0.3, 0.4) is 0 Å². The van der Waals surface area contributed by atoms with E-state index in [4.69, 9.17) is 0 Å². The van der Waals surface area contributed by atoms with Crippen LogP contribution in [0.5, 0.6) is 0 Å². The highest BCUT2D eigenvalue weighted by atomic mass is 32.2. The number of anilines is 2. The Hall–Kier alpha value is -2.10. The molecule has 0 bridgehead atoms. The number of nitrogens with zero attached hydrogens (tertiary/aromatic N) is 5. The average Bonchev–Trinajstić information content (AvgIpc) is 2.62. The fraction of sp³-hybridized carbons (Fsp3) is 0.471. The molecule has 1 atom stereocenters. The quantitative estimate of drug-likeness (QED) is 0.857. The monoisotopic (exact) mass is 376 g/mol. The van der Waals surface area contributed by atoms with Gasteiger partial charge in [0.05, 0.1) is 6.20 Å². The van der Waals surface area contributed by atoms with E-state index in [1.807, 2.05) is 19.1 Å². The number of nitrogens with one attached hydrogen (secondary N) is 1. The normalized spacial score (nSPS) is 18.8. The molecular weight excluding hydrogens is 352 g/mol. The van der Waals surface area contributed by atoms with Gasteiger partial charge in [-0.3, -0.25) is 9.97 Å². The molecule has 140 valence electrons. The van der Waals surface area contributed by atoms with Gasteiger partial charge in [-0.15, -0.1) is 0 Å². The maximum absolute atomic E-state index is 12.4. The van der Waals surface area contributed by atoms with Crippen LogP contribution in [0, 0.1) is 6.92 Å². The lowest BCUT2D eigenvalue weighted by atomic mass is 9.95. The minimum absolute atomic E-state index is 0.0702. The van der Waals surface area contributed by atoms with Crippen molar-refractivity contribution < 1.29 is 8.42 Å². The van der Waals surface area contributed by atoms with Gasteiger partial charge in [-0.1, -0.05) is 0 Å². The van der Waals surface area contributed by atoms with Gasteiger partial charge >= 0.3 is 0 Å². The van der Waals surface area contributed by atoms with Gasteiger partial charge in [-0.05, 0) is 31.9 Å². The molecule has 0 aliphatic carbocycles. The lowest BCUT2D eigenvalue weighted by Crippen LogP contribution is -2.45. The van der Waals surface area contributed by atoms with Gasteiger partial charge in [-0.2, -0.15) is 17.0 Å². The van der Waals surface area contributed by atoms with Gasteiger partial charge in [0.1, 0.15) is 5.82 Å². The highest BCUT2D eigenvalue weighted by Gasteiger charge is 2.31. The molecule has 0 aromatic carbocycles. The van der Waals surface area contributed by atoms with Crippen molar-refractivity contribution in [2.24, 2.45) is 0 Å². The topological polar surface area (TPSA) is 91.3 Å².